The van der Waals surface area contributed by atoms with Gasteiger partial charge in [-0.15, -0.1) is 11.3 Å². The van der Waals surface area contributed by atoms with Crippen LogP contribution in [0.5, 0.6) is 0 Å². The van der Waals surface area contributed by atoms with E-state index in [-0.39, 0.29) is 5.78 Å². The number of Topliss-reactive ketones (excluding diaryl/α,β-unsaturated/α-hetero) is 1. The molecule has 0 N–H and O–H groups in total. The minimum absolute atomic E-state index is 0.000125. The Hall–Kier alpha value is -2.11. The molecule has 1 atom stereocenters. The van der Waals surface area contributed by atoms with E-state index in [1.165, 1.54) is 28.7 Å². The average molecular weight is 423 g/mol. The van der Waals surface area contributed by atoms with Gasteiger partial charge in [0.2, 0.25) is 0 Å². The molecule has 4 rings (SSSR count). The summed E-state index contributed by atoms with van der Waals surface area (Å²) in [6.07, 6.45) is 7.73. The van der Waals surface area contributed by atoms with Crippen molar-refractivity contribution < 1.29 is 9.53 Å². The van der Waals surface area contributed by atoms with Crippen LogP contribution in [0.3, 0.4) is 0 Å². The average Bonchev–Trinajstić information content (AvgIpc) is 3.02. The summed E-state index contributed by atoms with van der Waals surface area (Å²) >= 11 is 1.81. The highest BCUT2D eigenvalue weighted by atomic mass is 32.1. The van der Waals surface area contributed by atoms with Gasteiger partial charge in [0, 0.05) is 45.0 Å². The van der Waals surface area contributed by atoms with E-state index in [9.17, 15) is 4.79 Å². The first kappa shape index (κ1) is 21.1. The van der Waals surface area contributed by atoms with Crippen molar-refractivity contribution in [1.82, 2.24) is 9.97 Å². The molecule has 3 aromatic rings. The molecule has 1 aliphatic rings. The van der Waals surface area contributed by atoms with Crippen molar-refractivity contribution in [3.05, 3.63) is 45.7 Å². The molecule has 0 fully saturated rings. The smallest absolute Gasteiger partial charge is 0.163 e. The van der Waals surface area contributed by atoms with E-state index in [1.807, 2.05) is 51.4 Å². The predicted molar refractivity (Wildman–Crippen MR) is 123 cm³/mol. The van der Waals surface area contributed by atoms with E-state index in [2.05, 4.69) is 18.0 Å². The number of fused-ring (bicyclic) bond motifs is 3. The zero-order valence-corrected chi connectivity index (χ0v) is 19.6. The third kappa shape index (κ3) is 3.93. The Morgan fingerprint density at radius 1 is 1.17 bits per heavy atom. The Morgan fingerprint density at radius 2 is 1.90 bits per heavy atom. The molecule has 0 aromatic carbocycles. The second-order valence-corrected chi connectivity index (χ2v) is 10.4. The summed E-state index contributed by atoms with van der Waals surface area (Å²) in [5, 5.41) is 1.20. The second-order valence-electron chi connectivity index (χ2n) is 9.35. The molecule has 0 spiro atoms. The third-order valence-electron chi connectivity index (χ3n) is 5.60. The molecule has 0 saturated heterocycles. The number of ether oxygens (including phenoxy) is 1. The van der Waals surface area contributed by atoms with Gasteiger partial charge in [0.05, 0.1) is 5.60 Å². The van der Waals surface area contributed by atoms with Gasteiger partial charge in [-0.1, -0.05) is 0 Å². The molecule has 3 aromatic heterocycles. The minimum Gasteiger partial charge on any atom is -0.360 e. The molecule has 3 heterocycles. The highest BCUT2D eigenvalue weighted by molar-refractivity contribution is 7.19. The van der Waals surface area contributed by atoms with E-state index in [0.717, 1.165) is 45.6 Å². The van der Waals surface area contributed by atoms with Crippen LogP contribution >= 0.6 is 11.3 Å². The number of hydrogen-bond acceptors (Lipinski definition) is 5. The van der Waals surface area contributed by atoms with Crippen molar-refractivity contribution in [2.75, 3.05) is 0 Å². The lowest BCUT2D eigenvalue weighted by Gasteiger charge is -2.29. The number of thiophene rings is 1. The SMILES string of the molecule is CC(=O)[C@@H](OC(C)(C)C)c1c(C)nc2sc3c(c2c1-c1cncc(C)c1)CCCC3. The maximum absolute atomic E-state index is 12.8. The number of nitrogens with zero attached hydrogens (tertiary/aromatic N) is 2. The van der Waals surface area contributed by atoms with Gasteiger partial charge in [0.25, 0.3) is 0 Å². The number of hydrogen-bond donors (Lipinski definition) is 0. The molecule has 5 heteroatoms. The van der Waals surface area contributed by atoms with Crippen LogP contribution in [-0.4, -0.2) is 21.4 Å². The topological polar surface area (TPSA) is 52.1 Å². The number of pyridine rings is 2. The Bertz CT molecular complexity index is 1120. The molecular formula is C25H30N2O2S. The summed E-state index contributed by atoms with van der Waals surface area (Å²) < 4.78 is 6.32. The van der Waals surface area contributed by atoms with Gasteiger partial charge in [0.1, 0.15) is 10.9 Å². The molecule has 158 valence electrons. The fraction of sp³-hybridized carbons (Fsp3) is 0.480. The van der Waals surface area contributed by atoms with E-state index in [0.29, 0.717) is 0 Å². The van der Waals surface area contributed by atoms with Gasteiger partial charge in [-0.2, -0.15) is 0 Å². The number of aromatic nitrogens is 2. The van der Waals surface area contributed by atoms with Gasteiger partial charge in [-0.05, 0) is 84.4 Å². The van der Waals surface area contributed by atoms with Crippen LogP contribution in [-0.2, 0) is 22.4 Å². The normalized spacial score (nSPS) is 15.3. The van der Waals surface area contributed by atoms with E-state index in [1.54, 1.807) is 6.92 Å². The molecule has 0 bridgehead atoms. The summed E-state index contributed by atoms with van der Waals surface area (Å²) in [6.45, 7) is 11.6. The van der Waals surface area contributed by atoms with Crippen molar-refractivity contribution >= 4 is 27.3 Å². The minimum atomic E-state index is -0.656. The predicted octanol–water partition coefficient (Wildman–Crippen LogP) is 6.30. The third-order valence-corrected chi connectivity index (χ3v) is 6.78. The monoisotopic (exact) mass is 422 g/mol. The van der Waals surface area contributed by atoms with Gasteiger partial charge in [-0.25, -0.2) is 4.98 Å². The van der Waals surface area contributed by atoms with Crippen molar-refractivity contribution in [3.63, 3.8) is 0 Å². The lowest BCUT2D eigenvalue weighted by molar-refractivity contribution is -0.138. The quantitative estimate of drug-likeness (QED) is 0.495. The number of rotatable bonds is 4. The van der Waals surface area contributed by atoms with Crippen LogP contribution in [0.15, 0.2) is 18.5 Å². The molecule has 0 unspecified atom stereocenters. The standard InChI is InChI=1S/C25H30N2O2S/c1-14-11-17(13-26-12-14)21-20(23(16(3)28)29-25(4,5)6)15(2)27-24-22(21)18-9-7-8-10-19(18)30-24/h11-13,23H,7-10H2,1-6H3/t23-/m1/s1. The molecule has 1 aliphatic carbocycles. The molecule has 0 amide bonds. The fourth-order valence-corrected chi connectivity index (χ4v) is 5.74. The first-order chi connectivity index (χ1) is 14.2. The van der Waals surface area contributed by atoms with Crippen LogP contribution in [0.2, 0.25) is 0 Å². The Kier molecular flexibility index (Phi) is 5.54. The number of aryl methyl sites for hydroxylation is 4. The summed E-state index contributed by atoms with van der Waals surface area (Å²) in [5.41, 5.74) is 5.93. The van der Waals surface area contributed by atoms with E-state index < -0.39 is 11.7 Å². The van der Waals surface area contributed by atoms with E-state index >= 15 is 0 Å². The van der Waals surface area contributed by atoms with Crippen molar-refractivity contribution in [1.29, 1.82) is 0 Å². The van der Waals surface area contributed by atoms with Gasteiger partial charge < -0.3 is 4.74 Å². The molecule has 4 nitrogen and oxygen atoms in total. The molecular weight excluding hydrogens is 392 g/mol. The van der Waals surface area contributed by atoms with Crippen LogP contribution in [0.25, 0.3) is 21.3 Å². The summed E-state index contributed by atoms with van der Waals surface area (Å²) in [7, 11) is 0. The Morgan fingerprint density at radius 3 is 2.57 bits per heavy atom. The largest absolute Gasteiger partial charge is 0.360 e. The summed E-state index contributed by atoms with van der Waals surface area (Å²) in [6, 6.07) is 2.16. The number of ketones is 1. The van der Waals surface area contributed by atoms with Crippen LogP contribution in [0.4, 0.5) is 0 Å². The van der Waals surface area contributed by atoms with Crippen molar-refractivity contribution in [3.8, 4) is 11.1 Å². The maximum atomic E-state index is 12.8. The van der Waals surface area contributed by atoms with Gasteiger partial charge in [0.15, 0.2) is 5.78 Å². The first-order valence-electron chi connectivity index (χ1n) is 10.7. The lowest BCUT2D eigenvalue weighted by Crippen LogP contribution is -2.27. The van der Waals surface area contributed by atoms with Crippen LogP contribution in [0, 0.1) is 13.8 Å². The number of carbonyl (C=O) groups excluding carboxylic acids is 1. The van der Waals surface area contributed by atoms with Crippen LogP contribution < -0.4 is 0 Å². The highest BCUT2D eigenvalue weighted by Gasteiger charge is 2.32. The van der Waals surface area contributed by atoms with Crippen molar-refractivity contribution in [2.45, 2.75) is 78.9 Å². The number of carbonyl (C=O) groups is 1. The molecule has 30 heavy (non-hydrogen) atoms. The van der Waals surface area contributed by atoms with E-state index in [4.69, 9.17) is 9.72 Å². The van der Waals surface area contributed by atoms with Gasteiger partial charge >= 0.3 is 0 Å². The molecule has 0 aliphatic heterocycles. The molecule has 0 saturated carbocycles. The maximum Gasteiger partial charge on any atom is 0.163 e. The Labute approximate surface area is 182 Å². The first-order valence-corrected chi connectivity index (χ1v) is 11.5. The van der Waals surface area contributed by atoms with Crippen molar-refractivity contribution in [2.24, 2.45) is 0 Å². The molecule has 0 radical (unpaired) electrons. The zero-order chi connectivity index (χ0) is 21.6. The fourth-order valence-electron chi connectivity index (χ4n) is 4.43. The van der Waals surface area contributed by atoms with Crippen LogP contribution in [0.1, 0.15) is 73.9 Å². The summed E-state index contributed by atoms with van der Waals surface area (Å²) in [4.78, 5) is 24.8. The lowest BCUT2D eigenvalue weighted by atomic mass is 9.87. The zero-order valence-electron chi connectivity index (χ0n) is 18.8. The second kappa shape index (κ2) is 7.86. The van der Waals surface area contributed by atoms with Gasteiger partial charge in [-0.3, -0.25) is 9.78 Å². The summed E-state index contributed by atoms with van der Waals surface area (Å²) in [5.74, 6) is 0.000125. The highest BCUT2D eigenvalue weighted by Crippen LogP contribution is 2.45. The Balaban J connectivity index is 2.10.